The number of unbranched alkanes of at least 4 members (excludes halogenated alkanes) is 1. The van der Waals surface area contributed by atoms with Crippen molar-refractivity contribution in [1.82, 2.24) is 0 Å². The Morgan fingerprint density at radius 1 is 1.06 bits per heavy atom. The van der Waals surface area contributed by atoms with E-state index in [2.05, 4.69) is 20.8 Å². The first-order valence-corrected chi connectivity index (χ1v) is 12.7. The zero-order chi connectivity index (χ0) is 24.4. The molecule has 0 heterocycles. The van der Waals surface area contributed by atoms with Gasteiger partial charge >= 0.3 is 5.97 Å². The van der Waals surface area contributed by atoms with Crippen molar-refractivity contribution >= 4 is 5.97 Å². The highest BCUT2D eigenvalue weighted by Crippen LogP contribution is 2.40. The van der Waals surface area contributed by atoms with E-state index in [4.69, 9.17) is 9.47 Å². The van der Waals surface area contributed by atoms with Crippen LogP contribution < -0.4 is 0 Å². The van der Waals surface area contributed by atoms with Gasteiger partial charge in [0, 0.05) is 12.5 Å². The Balaban J connectivity index is 2.61. The Kier molecular flexibility index (Phi) is 11.9. The summed E-state index contributed by atoms with van der Waals surface area (Å²) in [5.41, 5.74) is -0.528. The van der Waals surface area contributed by atoms with Crippen molar-refractivity contribution in [2.45, 2.75) is 118 Å². The maximum Gasteiger partial charge on any atom is 0.367 e. The number of aliphatic hydroxyl groups excluding tert-OH is 1. The van der Waals surface area contributed by atoms with Gasteiger partial charge in [-0.15, -0.1) is 0 Å². The fourth-order valence-electron chi connectivity index (χ4n) is 5.15. The zero-order valence-electron chi connectivity index (χ0n) is 21.8. The number of methoxy groups -OCH3 is 1. The highest BCUT2D eigenvalue weighted by Gasteiger charge is 2.50. The minimum atomic E-state index is -2.03. The number of ether oxygens (including phenoxy) is 2. The van der Waals surface area contributed by atoms with Crippen LogP contribution in [0.25, 0.3) is 0 Å². The molecule has 2 N–H and O–H groups in total. The lowest BCUT2D eigenvalue weighted by Gasteiger charge is -2.36. The first kappa shape index (κ1) is 29.1. The van der Waals surface area contributed by atoms with Crippen LogP contribution >= 0.6 is 0 Å². The lowest BCUT2D eigenvalue weighted by molar-refractivity contribution is -0.249. The molecule has 0 aromatic heterocycles. The van der Waals surface area contributed by atoms with E-state index in [-0.39, 0.29) is 12.7 Å². The summed E-state index contributed by atoms with van der Waals surface area (Å²) < 4.78 is 10.2. The number of hydrogen-bond acceptors (Lipinski definition) is 5. The van der Waals surface area contributed by atoms with Gasteiger partial charge in [-0.25, -0.2) is 4.79 Å². The predicted molar refractivity (Wildman–Crippen MR) is 130 cm³/mol. The van der Waals surface area contributed by atoms with E-state index in [1.165, 1.54) is 45.6 Å². The fraction of sp³-hybridized carbons (Fsp3) is 0.889. The van der Waals surface area contributed by atoms with E-state index in [1.54, 1.807) is 20.8 Å². The summed E-state index contributed by atoms with van der Waals surface area (Å²) in [7, 11) is 1.32. The molecule has 1 aliphatic rings. The lowest BCUT2D eigenvalue weighted by Crippen LogP contribution is -2.53. The van der Waals surface area contributed by atoms with E-state index < -0.39 is 17.2 Å². The van der Waals surface area contributed by atoms with Crippen LogP contribution in [-0.2, 0) is 14.3 Å². The molecule has 0 aromatic rings. The van der Waals surface area contributed by atoms with Gasteiger partial charge in [0.05, 0.1) is 12.7 Å². The van der Waals surface area contributed by atoms with Crippen molar-refractivity contribution in [2.75, 3.05) is 13.7 Å². The van der Waals surface area contributed by atoms with Crippen molar-refractivity contribution < 1.29 is 24.5 Å². The molecular weight excluding hydrogens is 404 g/mol. The number of hydrogen-bond donors (Lipinski definition) is 2. The molecule has 1 aliphatic carbocycles. The third-order valence-corrected chi connectivity index (χ3v) is 7.49. The molecule has 1 fully saturated rings. The molecule has 5 heteroatoms. The minimum Gasteiger partial charge on any atom is -0.462 e. The second-order valence-corrected chi connectivity index (χ2v) is 11.0. The number of carbonyl (C=O) groups excluding carboxylic acids is 1. The monoisotopic (exact) mass is 454 g/mol. The van der Waals surface area contributed by atoms with Gasteiger partial charge in [-0.3, -0.25) is 0 Å². The van der Waals surface area contributed by atoms with Crippen LogP contribution in [0.1, 0.15) is 106 Å². The standard InChI is InChI=1S/C27H50O5/c1-8-10-18-25(3,4)19-13-14-21-16-17-23(28)22(21)15-11-12-20-26(5,6)27(30,31-7)24(29)32-9-2/h12,20-23,28,30H,8-11,13-19H2,1-7H3/t21-,22+,23-,27?/m0/s1. The van der Waals surface area contributed by atoms with E-state index in [0.29, 0.717) is 17.3 Å². The van der Waals surface area contributed by atoms with Crippen LogP contribution in [0.5, 0.6) is 0 Å². The predicted octanol–water partition coefficient (Wildman–Crippen LogP) is 6.02. The SMILES string of the molecule is CCCCC(C)(C)CCC[C@H]1CC[C@H](O)[C@@H]1CCC=CC(C)(C)C(O)(OC)C(=O)OCC. The largest absolute Gasteiger partial charge is 0.462 e. The van der Waals surface area contributed by atoms with E-state index in [9.17, 15) is 15.0 Å². The van der Waals surface area contributed by atoms with Crippen LogP contribution in [0.2, 0.25) is 0 Å². The van der Waals surface area contributed by atoms with Crippen molar-refractivity contribution in [1.29, 1.82) is 0 Å². The van der Waals surface area contributed by atoms with Gasteiger partial charge in [0.25, 0.3) is 5.79 Å². The van der Waals surface area contributed by atoms with Crippen molar-refractivity contribution in [2.24, 2.45) is 22.7 Å². The maximum absolute atomic E-state index is 12.2. The van der Waals surface area contributed by atoms with Gasteiger partial charge < -0.3 is 19.7 Å². The molecule has 0 bridgehead atoms. The summed E-state index contributed by atoms with van der Waals surface area (Å²) in [5.74, 6) is -1.89. The molecular formula is C27H50O5. The number of esters is 1. The molecule has 0 aromatic carbocycles. The van der Waals surface area contributed by atoms with Crippen LogP contribution in [0.15, 0.2) is 12.2 Å². The van der Waals surface area contributed by atoms with Gasteiger partial charge in [0.15, 0.2) is 0 Å². The van der Waals surface area contributed by atoms with Gasteiger partial charge in [-0.05, 0) is 62.7 Å². The van der Waals surface area contributed by atoms with Gasteiger partial charge in [-0.2, -0.15) is 0 Å². The average Bonchev–Trinajstić information content (AvgIpc) is 3.08. The molecule has 1 saturated carbocycles. The number of carbonyl (C=O) groups is 1. The lowest BCUT2D eigenvalue weighted by atomic mass is 9.79. The molecule has 0 amide bonds. The van der Waals surface area contributed by atoms with E-state index >= 15 is 0 Å². The molecule has 1 rings (SSSR count). The normalized spacial score (nSPS) is 24.1. The quantitative estimate of drug-likeness (QED) is 0.180. The molecule has 188 valence electrons. The Morgan fingerprint density at radius 3 is 2.31 bits per heavy atom. The number of aliphatic hydroxyl groups is 2. The van der Waals surface area contributed by atoms with E-state index in [1.807, 2.05) is 12.2 Å². The molecule has 0 saturated heterocycles. The summed E-state index contributed by atoms with van der Waals surface area (Å²) in [6, 6.07) is 0. The third-order valence-electron chi connectivity index (χ3n) is 7.49. The Labute approximate surface area is 197 Å². The van der Waals surface area contributed by atoms with Gasteiger partial charge in [-0.1, -0.05) is 72.5 Å². The summed E-state index contributed by atoms with van der Waals surface area (Å²) >= 11 is 0. The second kappa shape index (κ2) is 13.1. The zero-order valence-corrected chi connectivity index (χ0v) is 21.8. The first-order chi connectivity index (χ1) is 14.9. The fourth-order valence-corrected chi connectivity index (χ4v) is 5.15. The van der Waals surface area contributed by atoms with Gasteiger partial charge in [0.1, 0.15) is 0 Å². The molecule has 0 radical (unpaired) electrons. The second-order valence-electron chi connectivity index (χ2n) is 11.0. The van der Waals surface area contributed by atoms with Crippen molar-refractivity contribution in [3.63, 3.8) is 0 Å². The van der Waals surface area contributed by atoms with Crippen molar-refractivity contribution in [3.05, 3.63) is 12.2 Å². The smallest absolute Gasteiger partial charge is 0.367 e. The highest BCUT2D eigenvalue weighted by molar-refractivity contribution is 5.79. The van der Waals surface area contributed by atoms with E-state index in [0.717, 1.165) is 25.7 Å². The molecule has 1 unspecified atom stereocenters. The van der Waals surface area contributed by atoms with Crippen LogP contribution in [0.4, 0.5) is 0 Å². The summed E-state index contributed by atoms with van der Waals surface area (Å²) in [4.78, 5) is 12.2. The molecule has 32 heavy (non-hydrogen) atoms. The third kappa shape index (κ3) is 8.14. The van der Waals surface area contributed by atoms with Crippen molar-refractivity contribution in [3.8, 4) is 0 Å². The van der Waals surface area contributed by atoms with Crippen LogP contribution in [0.3, 0.4) is 0 Å². The summed E-state index contributed by atoms with van der Waals surface area (Å²) in [6.45, 7) is 12.4. The first-order valence-electron chi connectivity index (χ1n) is 12.7. The molecule has 0 spiro atoms. The Bertz CT molecular complexity index is 583. The van der Waals surface area contributed by atoms with Gasteiger partial charge in [0.2, 0.25) is 0 Å². The summed E-state index contributed by atoms with van der Waals surface area (Å²) in [5, 5.41) is 21.3. The molecule has 4 atom stereocenters. The topological polar surface area (TPSA) is 76.0 Å². The Hall–Kier alpha value is -0.910. The average molecular weight is 455 g/mol. The van der Waals surface area contributed by atoms with Crippen LogP contribution in [-0.4, -0.2) is 41.8 Å². The molecule has 5 nitrogen and oxygen atoms in total. The maximum atomic E-state index is 12.2. The number of rotatable bonds is 15. The Morgan fingerprint density at radius 2 is 1.72 bits per heavy atom. The number of allylic oxidation sites excluding steroid dienone is 1. The highest BCUT2D eigenvalue weighted by atomic mass is 16.7. The molecule has 0 aliphatic heterocycles. The van der Waals surface area contributed by atoms with Crippen LogP contribution in [0, 0.1) is 22.7 Å². The summed E-state index contributed by atoms with van der Waals surface area (Å²) in [6.07, 6.45) is 14.9. The minimum absolute atomic E-state index is 0.182.